The van der Waals surface area contributed by atoms with Gasteiger partial charge < -0.3 is 10.2 Å². The fraction of sp³-hybridized carbons (Fsp3) is 0.600. The number of carbonyl (C=O) groups is 1. The number of nitrogens with one attached hydrogen (secondary N) is 1. The van der Waals surface area contributed by atoms with Gasteiger partial charge in [0.15, 0.2) is 5.82 Å². The van der Waals surface area contributed by atoms with Crippen LogP contribution in [0.15, 0.2) is 24.3 Å². The number of aromatic nitrogens is 4. The number of rotatable bonds is 6. The maximum atomic E-state index is 12.4. The molecule has 1 saturated heterocycles. The van der Waals surface area contributed by atoms with Crippen molar-refractivity contribution in [2.45, 2.75) is 51.9 Å². The van der Waals surface area contributed by atoms with Gasteiger partial charge in [0.2, 0.25) is 5.91 Å². The standard InChI is InChI=1S/C20H29N7O/c1-16-13-26(12-9-21-16)20(28)7-4-10-27-19(22-23-24-27)15-25-11-8-17-5-2-3-6-18(17)14-25/h2-3,5-6,16,21H,4,7-15H2,1H3/t16-/m1/s1. The van der Waals surface area contributed by atoms with Crippen molar-refractivity contribution in [1.29, 1.82) is 0 Å². The molecular formula is C20H29N7O. The number of tetrazole rings is 1. The molecule has 0 spiro atoms. The monoisotopic (exact) mass is 383 g/mol. The molecule has 0 radical (unpaired) electrons. The second kappa shape index (κ2) is 8.79. The Morgan fingerprint density at radius 1 is 1.25 bits per heavy atom. The van der Waals surface area contributed by atoms with E-state index in [1.54, 1.807) is 0 Å². The molecule has 1 N–H and O–H groups in total. The Morgan fingerprint density at radius 2 is 2.11 bits per heavy atom. The molecule has 1 amide bonds. The summed E-state index contributed by atoms with van der Waals surface area (Å²) in [5.74, 6) is 1.11. The first-order valence-corrected chi connectivity index (χ1v) is 10.2. The second-order valence-corrected chi connectivity index (χ2v) is 7.85. The molecule has 0 bridgehead atoms. The molecule has 1 fully saturated rings. The van der Waals surface area contributed by atoms with Crippen LogP contribution < -0.4 is 5.32 Å². The van der Waals surface area contributed by atoms with E-state index >= 15 is 0 Å². The van der Waals surface area contributed by atoms with Crippen LogP contribution in [0.4, 0.5) is 0 Å². The summed E-state index contributed by atoms with van der Waals surface area (Å²) in [4.78, 5) is 16.8. The van der Waals surface area contributed by atoms with E-state index in [-0.39, 0.29) is 5.91 Å². The first-order chi connectivity index (χ1) is 13.7. The number of carbonyl (C=O) groups excluding carboxylic acids is 1. The van der Waals surface area contributed by atoms with Crippen LogP contribution in [0.2, 0.25) is 0 Å². The predicted molar refractivity (Wildman–Crippen MR) is 105 cm³/mol. The molecule has 0 aliphatic carbocycles. The molecular weight excluding hydrogens is 354 g/mol. The van der Waals surface area contributed by atoms with Gasteiger partial charge in [-0.25, -0.2) is 4.68 Å². The van der Waals surface area contributed by atoms with Crippen LogP contribution in [0.5, 0.6) is 0 Å². The van der Waals surface area contributed by atoms with E-state index < -0.39 is 0 Å². The lowest BCUT2D eigenvalue weighted by Gasteiger charge is -2.32. The van der Waals surface area contributed by atoms with Crippen LogP contribution in [0.25, 0.3) is 0 Å². The summed E-state index contributed by atoms with van der Waals surface area (Å²) in [6.45, 7) is 7.97. The lowest BCUT2D eigenvalue weighted by Crippen LogP contribution is -2.51. The number of fused-ring (bicyclic) bond motifs is 1. The van der Waals surface area contributed by atoms with E-state index in [0.717, 1.165) is 57.9 Å². The van der Waals surface area contributed by atoms with Crippen LogP contribution in [0.3, 0.4) is 0 Å². The predicted octanol–water partition coefficient (Wildman–Crippen LogP) is 0.832. The van der Waals surface area contributed by atoms with Crippen LogP contribution in [0, 0.1) is 0 Å². The van der Waals surface area contributed by atoms with Crippen molar-refractivity contribution in [1.82, 2.24) is 35.3 Å². The molecule has 0 saturated carbocycles. The average molecular weight is 384 g/mol. The lowest BCUT2D eigenvalue weighted by molar-refractivity contribution is -0.132. The highest BCUT2D eigenvalue weighted by Gasteiger charge is 2.21. The van der Waals surface area contributed by atoms with E-state index in [9.17, 15) is 4.79 Å². The van der Waals surface area contributed by atoms with Gasteiger partial charge in [-0.15, -0.1) is 5.10 Å². The summed E-state index contributed by atoms with van der Waals surface area (Å²) in [6.07, 6.45) is 2.37. The Balaban J connectivity index is 1.27. The average Bonchev–Trinajstić information content (AvgIpc) is 3.14. The fourth-order valence-electron chi connectivity index (χ4n) is 4.10. The molecule has 2 aromatic rings. The molecule has 28 heavy (non-hydrogen) atoms. The number of aryl methyl sites for hydroxylation is 1. The second-order valence-electron chi connectivity index (χ2n) is 7.85. The van der Waals surface area contributed by atoms with Crippen LogP contribution >= 0.6 is 0 Å². The van der Waals surface area contributed by atoms with Gasteiger partial charge in [-0.05, 0) is 41.3 Å². The molecule has 0 unspecified atom stereocenters. The normalized spacial score (nSPS) is 20.2. The van der Waals surface area contributed by atoms with Crippen molar-refractivity contribution < 1.29 is 4.79 Å². The first-order valence-electron chi connectivity index (χ1n) is 10.2. The largest absolute Gasteiger partial charge is 0.340 e. The van der Waals surface area contributed by atoms with Gasteiger partial charge in [0.1, 0.15) is 0 Å². The van der Waals surface area contributed by atoms with Crippen LogP contribution in [-0.2, 0) is 30.8 Å². The highest BCUT2D eigenvalue weighted by Crippen LogP contribution is 2.19. The van der Waals surface area contributed by atoms with E-state index in [4.69, 9.17) is 0 Å². The smallest absolute Gasteiger partial charge is 0.222 e. The fourth-order valence-corrected chi connectivity index (χ4v) is 4.10. The van der Waals surface area contributed by atoms with Crippen molar-refractivity contribution in [3.63, 3.8) is 0 Å². The molecule has 8 heteroatoms. The van der Waals surface area contributed by atoms with E-state index in [1.165, 1.54) is 11.1 Å². The number of amides is 1. The van der Waals surface area contributed by atoms with Crippen LogP contribution in [0.1, 0.15) is 36.7 Å². The highest BCUT2D eigenvalue weighted by molar-refractivity contribution is 5.76. The third kappa shape index (κ3) is 4.56. The zero-order valence-electron chi connectivity index (χ0n) is 16.5. The van der Waals surface area contributed by atoms with Crippen molar-refractivity contribution in [2.75, 3.05) is 26.2 Å². The quantitative estimate of drug-likeness (QED) is 0.796. The number of piperazine rings is 1. The number of hydrogen-bond donors (Lipinski definition) is 1. The van der Waals surface area contributed by atoms with E-state index in [1.807, 2.05) is 9.58 Å². The Hall–Kier alpha value is -2.32. The third-order valence-corrected chi connectivity index (χ3v) is 5.66. The Labute approximate surface area is 165 Å². The molecule has 150 valence electrons. The molecule has 4 rings (SSSR count). The molecule has 3 heterocycles. The minimum atomic E-state index is 0.232. The highest BCUT2D eigenvalue weighted by atomic mass is 16.2. The zero-order chi connectivity index (χ0) is 19.3. The summed E-state index contributed by atoms with van der Waals surface area (Å²) in [6, 6.07) is 9.00. The summed E-state index contributed by atoms with van der Waals surface area (Å²) in [5, 5.41) is 15.6. The van der Waals surface area contributed by atoms with Gasteiger partial charge >= 0.3 is 0 Å². The van der Waals surface area contributed by atoms with E-state index in [0.29, 0.717) is 19.0 Å². The minimum Gasteiger partial charge on any atom is -0.340 e. The van der Waals surface area contributed by atoms with Gasteiger partial charge in [-0.2, -0.15) is 0 Å². The Morgan fingerprint density at radius 3 is 2.96 bits per heavy atom. The Bertz CT molecular complexity index is 805. The molecule has 2 aliphatic rings. The van der Waals surface area contributed by atoms with Crippen LogP contribution in [-0.4, -0.2) is 68.1 Å². The topological polar surface area (TPSA) is 79.2 Å². The van der Waals surface area contributed by atoms with Gasteiger partial charge in [0.05, 0.1) is 6.54 Å². The number of nitrogens with zero attached hydrogens (tertiary/aromatic N) is 6. The molecule has 8 nitrogen and oxygen atoms in total. The SMILES string of the molecule is C[C@@H]1CN(C(=O)CCCn2nnnc2CN2CCc3ccccc3C2)CCN1. The molecule has 2 aliphatic heterocycles. The molecule has 1 aromatic carbocycles. The van der Waals surface area contributed by atoms with Crippen molar-refractivity contribution in [3.05, 3.63) is 41.2 Å². The van der Waals surface area contributed by atoms with Gasteiger partial charge in [0, 0.05) is 51.7 Å². The maximum absolute atomic E-state index is 12.4. The molecule has 1 aromatic heterocycles. The van der Waals surface area contributed by atoms with Crippen molar-refractivity contribution >= 4 is 5.91 Å². The summed E-state index contributed by atoms with van der Waals surface area (Å²) in [5.41, 5.74) is 2.84. The van der Waals surface area contributed by atoms with Gasteiger partial charge in [-0.1, -0.05) is 24.3 Å². The summed E-state index contributed by atoms with van der Waals surface area (Å²) < 4.78 is 1.86. The lowest BCUT2D eigenvalue weighted by atomic mass is 10.00. The minimum absolute atomic E-state index is 0.232. The third-order valence-electron chi connectivity index (χ3n) is 5.66. The van der Waals surface area contributed by atoms with Gasteiger partial charge in [0.25, 0.3) is 0 Å². The molecule has 1 atom stereocenters. The summed E-state index contributed by atoms with van der Waals surface area (Å²) in [7, 11) is 0. The zero-order valence-corrected chi connectivity index (χ0v) is 16.5. The Kier molecular flexibility index (Phi) is 5.97. The van der Waals surface area contributed by atoms with Crippen molar-refractivity contribution in [2.24, 2.45) is 0 Å². The van der Waals surface area contributed by atoms with Crippen molar-refractivity contribution in [3.8, 4) is 0 Å². The number of hydrogen-bond acceptors (Lipinski definition) is 6. The first kappa shape index (κ1) is 19.0. The number of benzene rings is 1. The van der Waals surface area contributed by atoms with E-state index in [2.05, 4.69) is 56.9 Å². The van der Waals surface area contributed by atoms with Gasteiger partial charge in [-0.3, -0.25) is 9.69 Å². The summed E-state index contributed by atoms with van der Waals surface area (Å²) >= 11 is 0. The maximum Gasteiger partial charge on any atom is 0.222 e.